The minimum Gasteiger partial charge on any atom is -0.493 e. The highest BCUT2D eigenvalue weighted by molar-refractivity contribution is 5.94. The second-order valence-electron chi connectivity index (χ2n) is 6.75. The molecule has 3 aromatic rings. The summed E-state index contributed by atoms with van der Waals surface area (Å²) in [5.74, 6) is -1.13. The molecule has 2 amide bonds. The topological polar surface area (TPSA) is 91.3 Å². The zero-order valence-electron chi connectivity index (χ0n) is 16.4. The number of nitrogens with zero attached hydrogens (tertiary/aromatic N) is 1. The summed E-state index contributed by atoms with van der Waals surface area (Å²) in [6.07, 6.45) is 1.92. The first kappa shape index (κ1) is 21.0. The number of nitrogens with one attached hydrogen (secondary N) is 2. The standard InChI is InChI=1S/C23H22FN3O3/c1-25-22(29)17-4-2-15(3-5-17)20(16-6-8-19(24)9-7-16)11-13-27-23(30)18-10-12-26-21(28)14-18/h2-10,12,14,20H,11,13H2,1H3,(H,25,29)(H,26,28)(H,27,30). The van der Waals surface area contributed by atoms with E-state index in [-0.39, 0.29) is 29.4 Å². The highest BCUT2D eigenvalue weighted by Gasteiger charge is 2.16. The Kier molecular flexibility index (Phi) is 6.75. The quantitative estimate of drug-likeness (QED) is 0.561. The lowest BCUT2D eigenvalue weighted by Gasteiger charge is -2.19. The van der Waals surface area contributed by atoms with Crippen LogP contribution in [-0.2, 0) is 0 Å². The predicted molar refractivity (Wildman–Crippen MR) is 111 cm³/mol. The molecular weight excluding hydrogens is 385 g/mol. The van der Waals surface area contributed by atoms with E-state index in [1.165, 1.54) is 30.5 Å². The number of hydrogen-bond donors (Lipinski definition) is 3. The second kappa shape index (κ2) is 9.65. The molecule has 0 saturated heterocycles. The zero-order valence-corrected chi connectivity index (χ0v) is 16.4. The van der Waals surface area contributed by atoms with Gasteiger partial charge in [0.15, 0.2) is 0 Å². The maximum absolute atomic E-state index is 13.4. The molecule has 0 radical (unpaired) electrons. The second-order valence-corrected chi connectivity index (χ2v) is 6.75. The lowest BCUT2D eigenvalue weighted by atomic mass is 9.88. The fraction of sp³-hybridized carbons (Fsp3) is 0.174. The Balaban J connectivity index is 1.75. The van der Waals surface area contributed by atoms with Gasteiger partial charge >= 0.3 is 0 Å². The van der Waals surface area contributed by atoms with Crippen LogP contribution in [0.2, 0.25) is 0 Å². The Bertz CT molecular complexity index is 1020. The van der Waals surface area contributed by atoms with Crippen molar-refractivity contribution in [2.45, 2.75) is 12.3 Å². The zero-order chi connectivity index (χ0) is 21.5. The number of aromatic hydroxyl groups is 1. The maximum Gasteiger partial charge on any atom is 0.251 e. The van der Waals surface area contributed by atoms with Crippen molar-refractivity contribution in [2.24, 2.45) is 0 Å². The van der Waals surface area contributed by atoms with Crippen LogP contribution in [0.1, 0.15) is 44.2 Å². The third-order valence-electron chi connectivity index (χ3n) is 4.80. The van der Waals surface area contributed by atoms with Gasteiger partial charge < -0.3 is 15.7 Å². The molecule has 2 aromatic carbocycles. The van der Waals surface area contributed by atoms with Gasteiger partial charge in [-0.1, -0.05) is 24.3 Å². The van der Waals surface area contributed by atoms with Crippen LogP contribution < -0.4 is 10.6 Å². The van der Waals surface area contributed by atoms with Crippen molar-refractivity contribution in [2.75, 3.05) is 13.6 Å². The van der Waals surface area contributed by atoms with Gasteiger partial charge in [0.25, 0.3) is 11.8 Å². The lowest BCUT2D eigenvalue weighted by molar-refractivity contribution is 0.0947. The molecule has 0 aliphatic carbocycles. The van der Waals surface area contributed by atoms with Crippen LogP contribution in [0.25, 0.3) is 0 Å². The van der Waals surface area contributed by atoms with E-state index in [0.717, 1.165) is 11.1 Å². The van der Waals surface area contributed by atoms with Crippen LogP contribution in [0.15, 0.2) is 66.9 Å². The molecule has 6 nitrogen and oxygen atoms in total. The molecule has 3 rings (SSSR count). The van der Waals surface area contributed by atoms with Crippen LogP contribution in [0.3, 0.4) is 0 Å². The van der Waals surface area contributed by atoms with Crippen molar-refractivity contribution in [3.8, 4) is 5.88 Å². The summed E-state index contributed by atoms with van der Waals surface area (Å²) in [5, 5.41) is 14.8. The minimum absolute atomic E-state index is 0.101. The van der Waals surface area contributed by atoms with E-state index in [1.54, 1.807) is 31.3 Å². The van der Waals surface area contributed by atoms with Gasteiger partial charge in [-0.3, -0.25) is 9.59 Å². The Morgan fingerprint density at radius 3 is 2.20 bits per heavy atom. The molecule has 0 aliphatic rings. The van der Waals surface area contributed by atoms with Crippen molar-refractivity contribution in [1.82, 2.24) is 15.6 Å². The fourth-order valence-corrected chi connectivity index (χ4v) is 3.22. The van der Waals surface area contributed by atoms with Gasteiger partial charge in [0.05, 0.1) is 0 Å². The summed E-state index contributed by atoms with van der Waals surface area (Å²) >= 11 is 0. The first-order valence-corrected chi connectivity index (χ1v) is 9.48. The van der Waals surface area contributed by atoms with Gasteiger partial charge in [-0.25, -0.2) is 9.37 Å². The van der Waals surface area contributed by atoms with Crippen molar-refractivity contribution in [3.63, 3.8) is 0 Å². The number of rotatable bonds is 7. The van der Waals surface area contributed by atoms with Crippen molar-refractivity contribution in [3.05, 3.63) is 94.9 Å². The van der Waals surface area contributed by atoms with E-state index in [1.807, 2.05) is 12.1 Å². The SMILES string of the molecule is CNC(=O)c1ccc(C(CCNC(=O)c2ccnc(O)c2)c2ccc(F)cc2)cc1. The average molecular weight is 407 g/mol. The van der Waals surface area contributed by atoms with Gasteiger partial charge in [-0.2, -0.15) is 0 Å². The van der Waals surface area contributed by atoms with Gasteiger partial charge in [-0.05, 0) is 47.9 Å². The van der Waals surface area contributed by atoms with Gasteiger partial charge in [-0.15, -0.1) is 0 Å². The first-order chi connectivity index (χ1) is 14.5. The number of carbonyl (C=O) groups excluding carboxylic acids is 2. The third-order valence-corrected chi connectivity index (χ3v) is 4.80. The highest BCUT2D eigenvalue weighted by atomic mass is 19.1. The van der Waals surface area contributed by atoms with Crippen LogP contribution in [0.5, 0.6) is 5.88 Å². The Morgan fingerprint density at radius 1 is 0.967 bits per heavy atom. The van der Waals surface area contributed by atoms with E-state index < -0.39 is 0 Å². The van der Waals surface area contributed by atoms with E-state index >= 15 is 0 Å². The van der Waals surface area contributed by atoms with E-state index in [0.29, 0.717) is 24.1 Å². The number of hydrogen-bond acceptors (Lipinski definition) is 4. The van der Waals surface area contributed by atoms with Gasteiger partial charge in [0, 0.05) is 42.9 Å². The number of amides is 2. The summed E-state index contributed by atoms with van der Waals surface area (Å²) in [4.78, 5) is 27.7. The molecule has 7 heteroatoms. The smallest absolute Gasteiger partial charge is 0.251 e. The minimum atomic E-state index is -0.321. The molecule has 0 spiro atoms. The summed E-state index contributed by atoms with van der Waals surface area (Å²) in [5.41, 5.74) is 2.71. The van der Waals surface area contributed by atoms with Crippen LogP contribution in [0.4, 0.5) is 4.39 Å². The molecule has 1 heterocycles. The molecule has 154 valence electrons. The maximum atomic E-state index is 13.4. The normalized spacial score (nSPS) is 11.5. The van der Waals surface area contributed by atoms with Crippen LogP contribution >= 0.6 is 0 Å². The molecule has 0 aliphatic heterocycles. The summed E-state index contributed by atoms with van der Waals surface area (Å²) < 4.78 is 13.4. The first-order valence-electron chi connectivity index (χ1n) is 9.48. The summed E-state index contributed by atoms with van der Waals surface area (Å²) in [6, 6.07) is 16.3. The third kappa shape index (κ3) is 5.20. The lowest BCUT2D eigenvalue weighted by Crippen LogP contribution is -2.26. The molecule has 0 fully saturated rings. The van der Waals surface area contributed by atoms with E-state index in [9.17, 15) is 19.1 Å². The Morgan fingerprint density at radius 2 is 1.60 bits per heavy atom. The van der Waals surface area contributed by atoms with Gasteiger partial charge in [0.2, 0.25) is 5.88 Å². The molecule has 30 heavy (non-hydrogen) atoms. The summed E-state index contributed by atoms with van der Waals surface area (Å²) in [6.45, 7) is 0.362. The number of halogens is 1. The summed E-state index contributed by atoms with van der Waals surface area (Å²) in [7, 11) is 1.57. The molecule has 1 aromatic heterocycles. The molecule has 1 atom stereocenters. The molecule has 0 bridgehead atoms. The van der Waals surface area contributed by atoms with Crippen LogP contribution in [-0.4, -0.2) is 35.5 Å². The Hall–Kier alpha value is -3.74. The monoisotopic (exact) mass is 407 g/mol. The fourth-order valence-electron chi connectivity index (χ4n) is 3.22. The number of aromatic nitrogens is 1. The van der Waals surface area contributed by atoms with Crippen LogP contribution in [0, 0.1) is 5.82 Å². The molecule has 1 unspecified atom stereocenters. The van der Waals surface area contributed by atoms with Crippen molar-refractivity contribution >= 4 is 11.8 Å². The van der Waals surface area contributed by atoms with E-state index in [2.05, 4.69) is 15.6 Å². The Labute approximate surface area is 173 Å². The predicted octanol–water partition coefficient (Wildman–Crippen LogP) is 3.24. The van der Waals surface area contributed by atoms with Gasteiger partial charge in [0.1, 0.15) is 5.82 Å². The molecule has 0 saturated carbocycles. The average Bonchev–Trinajstić information content (AvgIpc) is 2.77. The molecule has 3 N–H and O–H groups in total. The van der Waals surface area contributed by atoms with Crippen molar-refractivity contribution in [1.29, 1.82) is 0 Å². The number of benzene rings is 2. The highest BCUT2D eigenvalue weighted by Crippen LogP contribution is 2.28. The van der Waals surface area contributed by atoms with E-state index in [4.69, 9.17) is 0 Å². The molecular formula is C23H22FN3O3. The largest absolute Gasteiger partial charge is 0.493 e. The number of pyridine rings is 1. The van der Waals surface area contributed by atoms with Crippen molar-refractivity contribution < 1.29 is 19.1 Å². The number of carbonyl (C=O) groups is 2.